The smallest absolute Gasteiger partial charge is 0.414 e. The van der Waals surface area contributed by atoms with Crippen LogP contribution in [0.4, 0.5) is 16.2 Å². The zero-order valence-electron chi connectivity index (χ0n) is 18.6. The lowest BCUT2D eigenvalue weighted by molar-refractivity contribution is -0.121. The molecular formula is C22H29N5O4. The minimum absolute atomic E-state index is 0.0897. The first-order valence-electron chi connectivity index (χ1n) is 10.4. The Morgan fingerprint density at radius 1 is 1.23 bits per heavy atom. The van der Waals surface area contributed by atoms with Crippen LogP contribution in [0.5, 0.6) is 0 Å². The fraction of sp³-hybridized carbons (Fsp3) is 0.455. The molecule has 0 saturated carbocycles. The number of nitrogens with zero attached hydrogens (tertiary/aromatic N) is 4. The van der Waals surface area contributed by atoms with Crippen LogP contribution in [0.3, 0.4) is 0 Å². The Hall–Kier alpha value is -3.36. The molecule has 1 N–H and O–H groups in total. The first kappa shape index (κ1) is 22.3. The molecule has 0 aliphatic carbocycles. The van der Waals surface area contributed by atoms with E-state index in [1.807, 2.05) is 32.0 Å². The van der Waals surface area contributed by atoms with Crippen molar-refractivity contribution in [2.24, 2.45) is 0 Å². The molecule has 1 atom stereocenters. The molecule has 0 spiro atoms. The molecule has 1 aliphatic rings. The standard InChI is InChI=1S/C22H29N5O4/c1-6-23-21(29)13-25-12-18(10-24-25)17-7-8-19-20(9-17)26(22(30)31-14(2)3)11-15(4)27(19)16(5)28/h7-10,12,14-15H,6,11,13H2,1-5H3,(H,23,29)/t15-/m0/s1. The Bertz CT molecular complexity index is 984. The average Bonchev–Trinajstić information content (AvgIpc) is 3.14. The van der Waals surface area contributed by atoms with Crippen molar-refractivity contribution in [2.45, 2.75) is 53.3 Å². The SMILES string of the molecule is CCNC(=O)Cn1cc(-c2ccc3c(c2)N(C(=O)OC(C)C)C[C@H](C)N3C(C)=O)cn1. The van der Waals surface area contributed by atoms with E-state index < -0.39 is 6.09 Å². The Kier molecular flexibility index (Phi) is 6.62. The van der Waals surface area contributed by atoms with E-state index in [2.05, 4.69) is 10.4 Å². The van der Waals surface area contributed by atoms with Gasteiger partial charge in [0.2, 0.25) is 11.8 Å². The lowest BCUT2D eigenvalue weighted by Gasteiger charge is -2.40. The first-order valence-corrected chi connectivity index (χ1v) is 10.4. The van der Waals surface area contributed by atoms with E-state index in [4.69, 9.17) is 4.74 Å². The van der Waals surface area contributed by atoms with Crippen LogP contribution in [0.15, 0.2) is 30.6 Å². The van der Waals surface area contributed by atoms with E-state index in [1.54, 1.807) is 40.7 Å². The van der Waals surface area contributed by atoms with Gasteiger partial charge in [-0.2, -0.15) is 5.10 Å². The molecule has 3 amide bonds. The van der Waals surface area contributed by atoms with E-state index in [-0.39, 0.29) is 30.5 Å². The van der Waals surface area contributed by atoms with Gasteiger partial charge in [0.1, 0.15) is 6.54 Å². The minimum Gasteiger partial charge on any atom is -0.446 e. The number of carbonyl (C=O) groups is 3. The number of nitrogens with one attached hydrogen (secondary N) is 1. The molecule has 9 nitrogen and oxygen atoms in total. The molecule has 166 valence electrons. The van der Waals surface area contributed by atoms with E-state index in [0.29, 0.717) is 24.5 Å². The highest BCUT2D eigenvalue weighted by atomic mass is 16.6. The van der Waals surface area contributed by atoms with E-state index in [1.165, 1.54) is 6.92 Å². The quantitative estimate of drug-likeness (QED) is 0.791. The Morgan fingerprint density at radius 2 is 1.97 bits per heavy atom. The van der Waals surface area contributed by atoms with Gasteiger partial charge in [0.15, 0.2) is 0 Å². The molecular weight excluding hydrogens is 398 g/mol. The molecule has 0 fully saturated rings. The van der Waals surface area contributed by atoms with E-state index in [9.17, 15) is 14.4 Å². The normalized spacial score (nSPS) is 15.6. The van der Waals surface area contributed by atoms with Crippen molar-refractivity contribution < 1.29 is 19.1 Å². The number of carbonyl (C=O) groups excluding carboxylic acids is 3. The third-order valence-electron chi connectivity index (χ3n) is 4.96. The molecule has 1 aromatic carbocycles. The zero-order chi connectivity index (χ0) is 22.7. The summed E-state index contributed by atoms with van der Waals surface area (Å²) in [6, 6.07) is 5.38. The molecule has 0 bridgehead atoms. The summed E-state index contributed by atoms with van der Waals surface area (Å²) in [7, 11) is 0. The fourth-order valence-corrected chi connectivity index (χ4v) is 3.72. The van der Waals surface area contributed by atoms with Crippen molar-refractivity contribution in [2.75, 3.05) is 22.9 Å². The van der Waals surface area contributed by atoms with E-state index >= 15 is 0 Å². The van der Waals surface area contributed by atoms with Crippen molar-refractivity contribution in [3.63, 3.8) is 0 Å². The first-order chi connectivity index (χ1) is 14.7. The minimum atomic E-state index is -0.449. The van der Waals surface area contributed by atoms with Gasteiger partial charge >= 0.3 is 6.09 Å². The van der Waals surface area contributed by atoms with Crippen molar-refractivity contribution in [3.8, 4) is 11.1 Å². The maximum absolute atomic E-state index is 12.8. The second-order valence-electron chi connectivity index (χ2n) is 7.86. The van der Waals surface area contributed by atoms with Gasteiger partial charge in [0.25, 0.3) is 0 Å². The molecule has 31 heavy (non-hydrogen) atoms. The molecule has 9 heteroatoms. The highest BCUT2D eigenvalue weighted by molar-refractivity contribution is 6.03. The molecule has 1 aliphatic heterocycles. The summed E-state index contributed by atoms with van der Waals surface area (Å²) in [4.78, 5) is 40.1. The topological polar surface area (TPSA) is 96.8 Å². The Balaban J connectivity index is 1.98. The number of amides is 3. The van der Waals surface area contributed by atoms with Gasteiger partial charge in [-0.05, 0) is 45.4 Å². The van der Waals surface area contributed by atoms with E-state index in [0.717, 1.165) is 11.1 Å². The number of anilines is 2. The van der Waals surface area contributed by atoms with Gasteiger partial charge in [-0.25, -0.2) is 4.79 Å². The number of hydrogen-bond acceptors (Lipinski definition) is 5. The number of fused-ring (bicyclic) bond motifs is 1. The summed E-state index contributed by atoms with van der Waals surface area (Å²) in [5, 5.41) is 7.00. The summed E-state index contributed by atoms with van der Waals surface area (Å²) >= 11 is 0. The summed E-state index contributed by atoms with van der Waals surface area (Å²) in [6.07, 6.45) is 2.75. The summed E-state index contributed by atoms with van der Waals surface area (Å²) < 4.78 is 6.99. The Morgan fingerprint density at radius 3 is 2.61 bits per heavy atom. The maximum atomic E-state index is 12.8. The molecule has 2 heterocycles. The van der Waals surface area contributed by atoms with Crippen LogP contribution in [-0.4, -0.2) is 52.9 Å². The van der Waals surface area contributed by atoms with Crippen LogP contribution in [0.1, 0.15) is 34.6 Å². The summed E-state index contributed by atoms with van der Waals surface area (Å²) in [6.45, 7) is 9.90. The Labute approximate surface area is 182 Å². The third kappa shape index (κ3) is 4.87. The third-order valence-corrected chi connectivity index (χ3v) is 4.96. The van der Waals surface area contributed by atoms with Crippen molar-refractivity contribution in [1.29, 1.82) is 0 Å². The summed E-state index contributed by atoms with van der Waals surface area (Å²) in [5.41, 5.74) is 2.89. The maximum Gasteiger partial charge on any atom is 0.414 e. The van der Waals surface area contributed by atoms with Crippen molar-refractivity contribution in [3.05, 3.63) is 30.6 Å². The van der Waals surface area contributed by atoms with Gasteiger partial charge in [-0.1, -0.05) is 6.07 Å². The van der Waals surface area contributed by atoms with Gasteiger partial charge in [-0.15, -0.1) is 0 Å². The molecule has 1 aromatic heterocycles. The highest BCUT2D eigenvalue weighted by Gasteiger charge is 2.34. The second-order valence-corrected chi connectivity index (χ2v) is 7.86. The van der Waals surface area contributed by atoms with Crippen LogP contribution in [0, 0.1) is 0 Å². The van der Waals surface area contributed by atoms with Crippen LogP contribution in [0.25, 0.3) is 11.1 Å². The number of ether oxygens (including phenoxy) is 1. The van der Waals surface area contributed by atoms with Gasteiger partial charge in [0.05, 0.1) is 29.7 Å². The van der Waals surface area contributed by atoms with Gasteiger partial charge in [0, 0.05) is 31.8 Å². The van der Waals surface area contributed by atoms with Crippen molar-refractivity contribution >= 4 is 29.3 Å². The average molecular weight is 428 g/mol. The molecule has 3 rings (SSSR count). The predicted octanol–water partition coefficient (Wildman–Crippen LogP) is 2.79. The second kappa shape index (κ2) is 9.20. The lowest BCUT2D eigenvalue weighted by atomic mass is 10.0. The van der Waals surface area contributed by atoms with Crippen LogP contribution < -0.4 is 15.1 Å². The van der Waals surface area contributed by atoms with Crippen molar-refractivity contribution in [1.82, 2.24) is 15.1 Å². The highest BCUT2D eigenvalue weighted by Crippen LogP contribution is 2.39. The number of benzene rings is 1. The fourth-order valence-electron chi connectivity index (χ4n) is 3.72. The number of rotatable bonds is 5. The molecule has 0 saturated heterocycles. The van der Waals surface area contributed by atoms with Crippen LogP contribution in [0.2, 0.25) is 0 Å². The largest absolute Gasteiger partial charge is 0.446 e. The number of aromatic nitrogens is 2. The summed E-state index contributed by atoms with van der Waals surface area (Å²) in [5.74, 6) is -0.204. The zero-order valence-corrected chi connectivity index (χ0v) is 18.6. The lowest BCUT2D eigenvalue weighted by Crippen LogP contribution is -2.51. The molecule has 0 radical (unpaired) electrons. The van der Waals surface area contributed by atoms with Crippen LogP contribution in [-0.2, 0) is 20.9 Å². The monoisotopic (exact) mass is 427 g/mol. The number of likely N-dealkylation sites (N-methyl/N-ethyl adjacent to an activating group) is 1. The molecule has 2 aromatic rings. The predicted molar refractivity (Wildman–Crippen MR) is 118 cm³/mol. The number of hydrogen-bond donors (Lipinski definition) is 1. The van der Waals surface area contributed by atoms with Gasteiger partial charge < -0.3 is 15.0 Å². The van der Waals surface area contributed by atoms with Crippen LogP contribution >= 0.6 is 0 Å². The van der Waals surface area contributed by atoms with Gasteiger partial charge in [-0.3, -0.25) is 19.2 Å². The molecule has 0 unspecified atom stereocenters.